The van der Waals surface area contributed by atoms with Crippen molar-refractivity contribution in [2.75, 3.05) is 46.9 Å². The molecule has 6 nitrogen and oxygen atoms in total. The Kier molecular flexibility index (Phi) is 10.3. The summed E-state index contributed by atoms with van der Waals surface area (Å²) < 4.78 is 7.95. The Morgan fingerprint density at radius 1 is 1.50 bits per heavy atom. The van der Waals surface area contributed by atoms with Gasteiger partial charge in [-0.15, -0.1) is 24.0 Å². The molecule has 0 saturated carbocycles. The van der Waals surface area contributed by atoms with E-state index < -0.39 is 0 Å². The van der Waals surface area contributed by atoms with Crippen LogP contribution in [-0.4, -0.2) is 73.3 Å². The zero-order valence-electron chi connectivity index (χ0n) is 16.5. The molecule has 0 spiro atoms. The lowest BCUT2D eigenvalue weighted by atomic mass is 10.2. The molecule has 1 aliphatic rings. The third kappa shape index (κ3) is 7.25. The number of nitrogens with one attached hydrogen (secondary N) is 1. The van der Waals surface area contributed by atoms with Crippen molar-refractivity contribution >= 4 is 41.5 Å². The lowest BCUT2D eigenvalue weighted by molar-refractivity contribution is -0.0286. The molecular formula is C18H33ClIN5O. The summed E-state index contributed by atoms with van der Waals surface area (Å²) in [4.78, 5) is 8.98. The van der Waals surface area contributed by atoms with Crippen molar-refractivity contribution in [3.05, 3.63) is 23.0 Å². The molecule has 1 aromatic rings. The van der Waals surface area contributed by atoms with Gasteiger partial charge >= 0.3 is 0 Å². The zero-order valence-corrected chi connectivity index (χ0v) is 19.6. The Balaban J connectivity index is 0.00000338. The average molecular weight is 498 g/mol. The quantitative estimate of drug-likeness (QED) is 0.373. The highest BCUT2D eigenvalue weighted by molar-refractivity contribution is 14.0. The first kappa shape index (κ1) is 23.5. The SMILES string of the molecule is CN=C(NCC1CN(CC(C)C)CCO1)N(C)Cc1cc(Cl)cn1C.I. The molecule has 8 heteroatoms. The van der Waals surface area contributed by atoms with Gasteiger partial charge in [-0.25, -0.2) is 0 Å². The van der Waals surface area contributed by atoms with E-state index in [1.165, 1.54) is 0 Å². The Bertz CT molecular complexity index is 578. The number of aliphatic imine (C=N–C) groups is 1. The van der Waals surface area contributed by atoms with Crippen molar-refractivity contribution in [3.8, 4) is 0 Å². The monoisotopic (exact) mass is 497 g/mol. The van der Waals surface area contributed by atoms with Crippen LogP contribution in [0.25, 0.3) is 0 Å². The third-order valence-corrected chi connectivity index (χ3v) is 4.59. The highest BCUT2D eigenvalue weighted by Gasteiger charge is 2.21. The summed E-state index contributed by atoms with van der Waals surface area (Å²) in [6.07, 6.45) is 2.11. The predicted molar refractivity (Wildman–Crippen MR) is 120 cm³/mol. The fraction of sp³-hybridized carbons (Fsp3) is 0.722. The fourth-order valence-corrected chi connectivity index (χ4v) is 3.49. The maximum atomic E-state index is 6.07. The summed E-state index contributed by atoms with van der Waals surface area (Å²) in [6.45, 7) is 9.95. The van der Waals surface area contributed by atoms with Crippen LogP contribution in [0.2, 0.25) is 5.02 Å². The Morgan fingerprint density at radius 3 is 2.81 bits per heavy atom. The number of morpholine rings is 1. The van der Waals surface area contributed by atoms with Gasteiger partial charge in [0.05, 0.1) is 24.3 Å². The molecule has 0 bridgehead atoms. The van der Waals surface area contributed by atoms with Crippen LogP contribution in [0, 0.1) is 5.92 Å². The van der Waals surface area contributed by atoms with Crippen LogP contribution in [0.5, 0.6) is 0 Å². The van der Waals surface area contributed by atoms with Crippen molar-refractivity contribution < 1.29 is 4.74 Å². The number of halogens is 2. The largest absolute Gasteiger partial charge is 0.374 e. The Hall–Kier alpha value is -0.510. The van der Waals surface area contributed by atoms with Crippen LogP contribution >= 0.6 is 35.6 Å². The lowest BCUT2D eigenvalue weighted by Crippen LogP contribution is -2.50. The van der Waals surface area contributed by atoms with Gasteiger partial charge in [0.15, 0.2) is 5.96 Å². The zero-order chi connectivity index (χ0) is 18.4. The van der Waals surface area contributed by atoms with E-state index in [4.69, 9.17) is 16.3 Å². The van der Waals surface area contributed by atoms with Gasteiger partial charge in [-0.1, -0.05) is 25.4 Å². The number of hydrogen-bond donors (Lipinski definition) is 1. The van der Waals surface area contributed by atoms with Crippen LogP contribution < -0.4 is 5.32 Å². The first-order valence-corrected chi connectivity index (χ1v) is 9.33. The van der Waals surface area contributed by atoms with Crippen molar-refractivity contribution in [1.82, 2.24) is 19.7 Å². The number of aromatic nitrogens is 1. The Labute approximate surface area is 179 Å². The molecule has 26 heavy (non-hydrogen) atoms. The molecule has 2 heterocycles. The van der Waals surface area contributed by atoms with E-state index in [2.05, 4.69) is 34.0 Å². The molecule has 1 aromatic heterocycles. The number of ether oxygens (including phenoxy) is 1. The standard InChI is InChI=1S/C18H32ClN5O.HI/c1-14(2)10-24-6-7-25-17(13-24)9-21-18(20-3)23(5)12-16-8-15(19)11-22(16)4;/h8,11,14,17H,6-7,9-10,12-13H2,1-5H3,(H,20,21);1H. The summed E-state index contributed by atoms with van der Waals surface area (Å²) >= 11 is 6.07. The summed E-state index contributed by atoms with van der Waals surface area (Å²) in [7, 11) is 5.84. The molecule has 1 N–H and O–H groups in total. The molecule has 1 atom stereocenters. The van der Waals surface area contributed by atoms with Gasteiger partial charge in [-0.05, 0) is 12.0 Å². The number of nitrogens with zero attached hydrogens (tertiary/aromatic N) is 4. The molecule has 1 unspecified atom stereocenters. The van der Waals surface area contributed by atoms with Crippen LogP contribution in [-0.2, 0) is 18.3 Å². The van der Waals surface area contributed by atoms with E-state index in [0.29, 0.717) is 5.92 Å². The van der Waals surface area contributed by atoms with Gasteiger partial charge in [0.2, 0.25) is 0 Å². The first-order valence-electron chi connectivity index (χ1n) is 8.95. The van der Waals surface area contributed by atoms with E-state index in [0.717, 1.165) is 56.0 Å². The van der Waals surface area contributed by atoms with Gasteiger partial charge in [-0.3, -0.25) is 9.89 Å². The molecule has 2 rings (SSSR count). The van der Waals surface area contributed by atoms with Crippen molar-refractivity contribution in [3.63, 3.8) is 0 Å². The second-order valence-electron chi connectivity index (χ2n) is 7.19. The van der Waals surface area contributed by atoms with Gasteiger partial charge in [0, 0.05) is 59.2 Å². The van der Waals surface area contributed by atoms with Crippen LogP contribution in [0.15, 0.2) is 17.3 Å². The number of hydrogen-bond acceptors (Lipinski definition) is 3. The smallest absolute Gasteiger partial charge is 0.193 e. The number of rotatable bonds is 6. The van der Waals surface area contributed by atoms with Gasteiger partial charge in [0.25, 0.3) is 0 Å². The molecule has 0 aliphatic carbocycles. The van der Waals surface area contributed by atoms with E-state index in [-0.39, 0.29) is 30.1 Å². The molecule has 1 aliphatic heterocycles. The average Bonchev–Trinajstić information content (AvgIpc) is 2.85. The van der Waals surface area contributed by atoms with Gasteiger partial charge in [0.1, 0.15) is 0 Å². The summed E-state index contributed by atoms with van der Waals surface area (Å²) in [5, 5.41) is 4.20. The highest BCUT2D eigenvalue weighted by Crippen LogP contribution is 2.14. The molecule has 0 aromatic carbocycles. The number of guanidine groups is 1. The molecule has 0 amide bonds. The molecule has 1 saturated heterocycles. The fourth-order valence-electron chi connectivity index (χ4n) is 3.22. The van der Waals surface area contributed by atoms with E-state index in [1.54, 1.807) is 0 Å². The van der Waals surface area contributed by atoms with Crippen molar-refractivity contribution in [2.45, 2.75) is 26.5 Å². The van der Waals surface area contributed by atoms with Gasteiger partial charge < -0.3 is 19.5 Å². The third-order valence-electron chi connectivity index (χ3n) is 4.38. The minimum Gasteiger partial charge on any atom is -0.374 e. The minimum absolute atomic E-state index is 0. The highest BCUT2D eigenvalue weighted by atomic mass is 127. The van der Waals surface area contributed by atoms with Gasteiger partial charge in [-0.2, -0.15) is 0 Å². The second-order valence-corrected chi connectivity index (χ2v) is 7.63. The molecule has 0 radical (unpaired) electrons. The van der Waals surface area contributed by atoms with Crippen molar-refractivity contribution in [2.24, 2.45) is 18.0 Å². The maximum Gasteiger partial charge on any atom is 0.193 e. The Morgan fingerprint density at radius 2 is 2.23 bits per heavy atom. The summed E-state index contributed by atoms with van der Waals surface area (Å²) in [5.74, 6) is 1.55. The minimum atomic E-state index is 0. The maximum absolute atomic E-state index is 6.07. The molecule has 1 fully saturated rings. The topological polar surface area (TPSA) is 45.0 Å². The van der Waals surface area contributed by atoms with E-state index in [1.807, 2.05) is 38.0 Å². The van der Waals surface area contributed by atoms with E-state index in [9.17, 15) is 0 Å². The number of aryl methyl sites for hydroxylation is 1. The first-order chi connectivity index (χ1) is 11.9. The second kappa shape index (κ2) is 11.4. The normalized spacial score (nSPS) is 18.7. The van der Waals surface area contributed by atoms with Crippen LogP contribution in [0.1, 0.15) is 19.5 Å². The summed E-state index contributed by atoms with van der Waals surface area (Å²) in [6, 6.07) is 1.99. The molecule has 150 valence electrons. The summed E-state index contributed by atoms with van der Waals surface area (Å²) in [5.41, 5.74) is 1.15. The predicted octanol–water partition coefficient (Wildman–Crippen LogP) is 2.66. The van der Waals surface area contributed by atoms with Crippen LogP contribution in [0.3, 0.4) is 0 Å². The lowest BCUT2D eigenvalue weighted by Gasteiger charge is -2.34. The van der Waals surface area contributed by atoms with Crippen molar-refractivity contribution in [1.29, 1.82) is 0 Å². The van der Waals surface area contributed by atoms with Crippen LogP contribution in [0.4, 0.5) is 0 Å². The molecular weight excluding hydrogens is 465 g/mol. The van der Waals surface area contributed by atoms with E-state index >= 15 is 0 Å².